The van der Waals surface area contributed by atoms with Gasteiger partial charge in [0.1, 0.15) is 16.4 Å². The van der Waals surface area contributed by atoms with Crippen LogP contribution in [0, 0.1) is 0 Å². The predicted octanol–water partition coefficient (Wildman–Crippen LogP) is 3.99. The molecule has 4 rings (SSSR count). The minimum Gasteiger partial charge on any atom is -0.338 e. The lowest BCUT2D eigenvalue weighted by molar-refractivity contribution is -0.127. The SMILES string of the molecule is CN(Cc1nc2ccccc2s1)C(=O)CSc1ncnc2ccccc12. The van der Waals surface area contributed by atoms with Gasteiger partial charge in [-0.3, -0.25) is 4.79 Å². The highest BCUT2D eigenvalue weighted by molar-refractivity contribution is 8.00. The molecule has 0 aliphatic heterocycles. The molecule has 0 unspecified atom stereocenters. The Kier molecular flexibility index (Phi) is 4.81. The average molecular weight is 380 g/mol. The summed E-state index contributed by atoms with van der Waals surface area (Å²) in [7, 11) is 1.81. The van der Waals surface area contributed by atoms with Gasteiger partial charge in [-0.05, 0) is 18.2 Å². The average Bonchev–Trinajstić information content (AvgIpc) is 3.08. The first-order valence-electron chi connectivity index (χ1n) is 8.11. The molecule has 0 radical (unpaired) electrons. The number of amides is 1. The van der Waals surface area contributed by atoms with Crippen LogP contribution in [0.3, 0.4) is 0 Å². The Morgan fingerprint density at radius 2 is 1.85 bits per heavy atom. The van der Waals surface area contributed by atoms with Gasteiger partial charge in [-0.15, -0.1) is 11.3 Å². The molecule has 2 heterocycles. The van der Waals surface area contributed by atoms with Crippen molar-refractivity contribution in [1.29, 1.82) is 0 Å². The summed E-state index contributed by atoms with van der Waals surface area (Å²) in [6.07, 6.45) is 1.54. The molecule has 26 heavy (non-hydrogen) atoms. The van der Waals surface area contributed by atoms with Crippen LogP contribution in [0.2, 0.25) is 0 Å². The number of benzene rings is 2. The van der Waals surface area contributed by atoms with E-state index >= 15 is 0 Å². The number of fused-ring (bicyclic) bond motifs is 2. The van der Waals surface area contributed by atoms with Gasteiger partial charge in [0.15, 0.2) is 0 Å². The summed E-state index contributed by atoms with van der Waals surface area (Å²) in [4.78, 5) is 27.4. The highest BCUT2D eigenvalue weighted by atomic mass is 32.2. The predicted molar refractivity (Wildman–Crippen MR) is 106 cm³/mol. The minimum atomic E-state index is 0.0527. The quantitative estimate of drug-likeness (QED) is 0.387. The van der Waals surface area contributed by atoms with Gasteiger partial charge in [-0.25, -0.2) is 15.0 Å². The molecule has 0 atom stereocenters. The molecule has 0 saturated heterocycles. The van der Waals surface area contributed by atoms with Crippen molar-refractivity contribution in [2.75, 3.05) is 12.8 Å². The third-order valence-electron chi connectivity index (χ3n) is 3.97. The van der Waals surface area contributed by atoms with E-state index in [0.717, 1.165) is 31.2 Å². The van der Waals surface area contributed by atoms with Crippen molar-refractivity contribution >= 4 is 50.1 Å². The number of thioether (sulfide) groups is 1. The van der Waals surface area contributed by atoms with Crippen molar-refractivity contribution in [2.24, 2.45) is 0 Å². The molecule has 0 saturated carbocycles. The van der Waals surface area contributed by atoms with Crippen molar-refractivity contribution in [3.63, 3.8) is 0 Å². The number of nitrogens with zero attached hydrogens (tertiary/aromatic N) is 4. The largest absolute Gasteiger partial charge is 0.338 e. The number of hydrogen-bond donors (Lipinski definition) is 0. The van der Waals surface area contributed by atoms with E-state index in [1.54, 1.807) is 22.6 Å². The standard InChI is InChI=1S/C19H16N4OS2/c1-23(10-17-22-15-8-4-5-9-16(15)26-17)18(24)11-25-19-13-6-2-3-7-14(13)20-12-21-19/h2-9,12H,10-11H2,1H3. The summed E-state index contributed by atoms with van der Waals surface area (Å²) in [5, 5.41) is 2.75. The molecular formula is C19H16N4OS2. The third-order valence-corrected chi connectivity index (χ3v) is 5.99. The highest BCUT2D eigenvalue weighted by Gasteiger charge is 2.14. The first-order valence-corrected chi connectivity index (χ1v) is 9.92. The van der Waals surface area contributed by atoms with Gasteiger partial charge in [-0.2, -0.15) is 0 Å². The maximum Gasteiger partial charge on any atom is 0.233 e. The van der Waals surface area contributed by atoms with Crippen LogP contribution >= 0.6 is 23.1 Å². The molecule has 7 heteroatoms. The third kappa shape index (κ3) is 3.54. The molecule has 4 aromatic rings. The monoisotopic (exact) mass is 380 g/mol. The number of rotatable bonds is 5. The fourth-order valence-corrected chi connectivity index (χ4v) is 4.57. The first kappa shape index (κ1) is 16.9. The molecule has 2 aromatic heterocycles. The van der Waals surface area contributed by atoms with E-state index in [1.807, 2.05) is 55.6 Å². The van der Waals surface area contributed by atoms with E-state index < -0.39 is 0 Å². The van der Waals surface area contributed by atoms with E-state index in [2.05, 4.69) is 15.0 Å². The maximum atomic E-state index is 12.5. The molecule has 5 nitrogen and oxygen atoms in total. The van der Waals surface area contributed by atoms with Gasteiger partial charge >= 0.3 is 0 Å². The molecule has 1 amide bonds. The minimum absolute atomic E-state index is 0.0527. The van der Waals surface area contributed by atoms with E-state index in [1.165, 1.54) is 11.8 Å². The number of carbonyl (C=O) groups is 1. The van der Waals surface area contributed by atoms with Gasteiger partial charge < -0.3 is 4.90 Å². The van der Waals surface area contributed by atoms with Crippen LogP contribution in [0.25, 0.3) is 21.1 Å². The number of hydrogen-bond acceptors (Lipinski definition) is 6. The Balaban J connectivity index is 1.42. The van der Waals surface area contributed by atoms with Crippen LogP contribution in [-0.2, 0) is 11.3 Å². The zero-order valence-corrected chi connectivity index (χ0v) is 15.8. The summed E-state index contributed by atoms with van der Waals surface area (Å²) in [6, 6.07) is 15.8. The normalized spacial score (nSPS) is 11.1. The zero-order chi connectivity index (χ0) is 17.9. The second-order valence-corrected chi connectivity index (χ2v) is 7.89. The van der Waals surface area contributed by atoms with Crippen LogP contribution < -0.4 is 0 Å². The van der Waals surface area contributed by atoms with E-state index in [4.69, 9.17) is 0 Å². The van der Waals surface area contributed by atoms with Crippen molar-refractivity contribution < 1.29 is 4.79 Å². The number of thiazole rings is 1. The molecule has 0 aliphatic rings. The first-order chi connectivity index (χ1) is 12.7. The Morgan fingerprint density at radius 3 is 2.69 bits per heavy atom. The maximum absolute atomic E-state index is 12.5. The smallest absolute Gasteiger partial charge is 0.233 e. The lowest BCUT2D eigenvalue weighted by atomic mass is 10.2. The van der Waals surface area contributed by atoms with Crippen LogP contribution in [0.15, 0.2) is 59.9 Å². The summed E-state index contributed by atoms with van der Waals surface area (Å²) in [6.45, 7) is 0.517. The van der Waals surface area contributed by atoms with E-state index in [0.29, 0.717) is 12.3 Å². The fourth-order valence-electron chi connectivity index (χ4n) is 2.61. The van der Waals surface area contributed by atoms with Crippen LogP contribution in [0.4, 0.5) is 0 Å². The van der Waals surface area contributed by atoms with Gasteiger partial charge in [-0.1, -0.05) is 42.1 Å². The van der Waals surface area contributed by atoms with Crippen LogP contribution in [0.5, 0.6) is 0 Å². The Morgan fingerprint density at radius 1 is 1.08 bits per heavy atom. The van der Waals surface area contributed by atoms with Gasteiger partial charge in [0.25, 0.3) is 0 Å². The topological polar surface area (TPSA) is 59.0 Å². The Labute approximate surface area is 159 Å². The molecule has 0 spiro atoms. The van der Waals surface area contributed by atoms with E-state index in [9.17, 15) is 4.79 Å². The Bertz CT molecular complexity index is 1040. The second-order valence-electron chi connectivity index (χ2n) is 5.81. The van der Waals surface area contributed by atoms with Crippen molar-refractivity contribution in [3.05, 3.63) is 59.9 Å². The van der Waals surface area contributed by atoms with Crippen LogP contribution in [-0.4, -0.2) is 38.6 Å². The zero-order valence-electron chi connectivity index (χ0n) is 14.1. The van der Waals surface area contributed by atoms with Crippen molar-refractivity contribution in [2.45, 2.75) is 11.6 Å². The molecule has 130 valence electrons. The Hall–Kier alpha value is -2.51. The summed E-state index contributed by atoms with van der Waals surface area (Å²) in [5.41, 5.74) is 1.87. The molecule has 0 bridgehead atoms. The molecular weight excluding hydrogens is 364 g/mol. The van der Waals surface area contributed by atoms with Crippen LogP contribution in [0.1, 0.15) is 5.01 Å². The number of para-hydroxylation sites is 2. The highest BCUT2D eigenvalue weighted by Crippen LogP contribution is 2.25. The number of carbonyl (C=O) groups excluding carboxylic acids is 1. The number of aromatic nitrogens is 3. The van der Waals surface area contributed by atoms with Gasteiger partial charge in [0.05, 0.1) is 28.0 Å². The summed E-state index contributed by atoms with van der Waals surface area (Å²) in [5.74, 6) is 0.388. The molecule has 0 N–H and O–H groups in total. The lowest BCUT2D eigenvalue weighted by Gasteiger charge is -2.15. The lowest BCUT2D eigenvalue weighted by Crippen LogP contribution is -2.27. The van der Waals surface area contributed by atoms with Gasteiger partial charge in [0, 0.05) is 12.4 Å². The fraction of sp³-hybridized carbons (Fsp3) is 0.158. The second kappa shape index (κ2) is 7.39. The van der Waals surface area contributed by atoms with Crippen molar-refractivity contribution in [3.8, 4) is 0 Å². The molecule has 0 fully saturated rings. The van der Waals surface area contributed by atoms with Gasteiger partial charge in [0.2, 0.25) is 5.91 Å². The molecule has 0 aliphatic carbocycles. The summed E-state index contributed by atoms with van der Waals surface area (Å²) >= 11 is 3.07. The molecule has 2 aromatic carbocycles. The summed E-state index contributed by atoms with van der Waals surface area (Å²) < 4.78 is 1.14. The van der Waals surface area contributed by atoms with Crippen molar-refractivity contribution in [1.82, 2.24) is 19.9 Å². The van der Waals surface area contributed by atoms with E-state index in [-0.39, 0.29) is 5.91 Å².